The van der Waals surface area contributed by atoms with E-state index in [1.54, 1.807) is 26.0 Å². The molecule has 0 amide bonds. The second-order valence-corrected chi connectivity index (χ2v) is 3.53. The zero-order chi connectivity index (χ0) is 12.1. The summed E-state index contributed by atoms with van der Waals surface area (Å²) in [5.74, 6) is -0.963. The van der Waals surface area contributed by atoms with Crippen LogP contribution in [-0.4, -0.2) is 17.7 Å². The fraction of sp³-hybridized carbons (Fsp3) is 0.250. The van der Waals surface area contributed by atoms with Gasteiger partial charge in [0.1, 0.15) is 18.2 Å². The Bertz CT molecular complexity index is 424. The van der Waals surface area contributed by atoms with Crippen molar-refractivity contribution in [3.63, 3.8) is 0 Å². The number of rotatable bonds is 4. The summed E-state index contributed by atoms with van der Waals surface area (Å²) in [6.45, 7) is 3.43. The van der Waals surface area contributed by atoms with E-state index in [-0.39, 0.29) is 12.4 Å². The third-order valence-corrected chi connectivity index (χ3v) is 1.98. The number of hydrogen-bond donors (Lipinski definition) is 1. The van der Waals surface area contributed by atoms with Gasteiger partial charge >= 0.3 is 5.97 Å². The van der Waals surface area contributed by atoms with Crippen LogP contribution in [0.1, 0.15) is 12.5 Å². The van der Waals surface area contributed by atoms with Gasteiger partial charge in [-0.2, -0.15) is 0 Å². The number of carbonyl (C=O) groups is 1. The Morgan fingerprint density at radius 2 is 2.25 bits per heavy atom. The lowest BCUT2D eigenvalue weighted by atomic mass is 10.2. The van der Waals surface area contributed by atoms with E-state index < -0.39 is 5.97 Å². The Balaban J connectivity index is 2.61. The Hall–Kier alpha value is -1.84. The molecular weight excluding hydrogens is 211 g/mol. The van der Waals surface area contributed by atoms with Crippen molar-refractivity contribution in [2.24, 2.45) is 0 Å². The molecule has 0 spiro atoms. The molecule has 1 N–H and O–H groups in total. The zero-order valence-electron chi connectivity index (χ0n) is 9.16. The quantitative estimate of drug-likeness (QED) is 0.799. The molecule has 0 saturated carbocycles. The molecule has 0 aliphatic carbocycles. The van der Waals surface area contributed by atoms with Crippen LogP contribution in [-0.2, 0) is 4.79 Å². The van der Waals surface area contributed by atoms with Crippen LogP contribution in [0.3, 0.4) is 0 Å². The van der Waals surface area contributed by atoms with Crippen molar-refractivity contribution >= 4 is 5.97 Å². The van der Waals surface area contributed by atoms with E-state index in [0.29, 0.717) is 16.9 Å². The van der Waals surface area contributed by atoms with Crippen LogP contribution in [0, 0.1) is 12.7 Å². The molecule has 0 fully saturated rings. The van der Waals surface area contributed by atoms with Gasteiger partial charge in [0, 0.05) is 12.1 Å². The van der Waals surface area contributed by atoms with E-state index in [1.807, 2.05) is 0 Å². The number of carboxylic acids is 1. The Morgan fingerprint density at radius 3 is 2.81 bits per heavy atom. The predicted octanol–water partition coefficient (Wildman–Crippen LogP) is 2.54. The van der Waals surface area contributed by atoms with Crippen molar-refractivity contribution in [3.05, 3.63) is 41.2 Å². The Labute approximate surface area is 93.2 Å². The normalized spacial score (nSPS) is 11.3. The smallest absolute Gasteiger partial charge is 0.328 e. The maximum Gasteiger partial charge on any atom is 0.328 e. The summed E-state index contributed by atoms with van der Waals surface area (Å²) in [5.41, 5.74) is 1.11. The van der Waals surface area contributed by atoms with Crippen molar-refractivity contribution in [1.82, 2.24) is 0 Å². The van der Waals surface area contributed by atoms with Crippen LogP contribution in [0.2, 0.25) is 0 Å². The van der Waals surface area contributed by atoms with Gasteiger partial charge in [0.05, 0.1) is 0 Å². The lowest BCUT2D eigenvalue weighted by Crippen LogP contribution is -2.01. The molecule has 0 aliphatic heterocycles. The molecule has 0 aliphatic rings. The molecule has 0 atom stereocenters. The number of ether oxygens (including phenoxy) is 1. The van der Waals surface area contributed by atoms with Gasteiger partial charge in [0.25, 0.3) is 0 Å². The van der Waals surface area contributed by atoms with Crippen molar-refractivity contribution in [2.75, 3.05) is 6.61 Å². The molecule has 1 rings (SSSR count). The van der Waals surface area contributed by atoms with E-state index in [1.165, 1.54) is 6.07 Å². The minimum absolute atomic E-state index is 0.134. The second kappa shape index (κ2) is 5.30. The number of halogens is 1. The topological polar surface area (TPSA) is 46.5 Å². The van der Waals surface area contributed by atoms with E-state index in [0.717, 1.165) is 6.08 Å². The summed E-state index contributed by atoms with van der Waals surface area (Å²) in [5, 5.41) is 8.47. The molecule has 3 nitrogen and oxygen atoms in total. The van der Waals surface area contributed by atoms with E-state index in [4.69, 9.17) is 9.84 Å². The van der Waals surface area contributed by atoms with Crippen LogP contribution < -0.4 is 4.74 Å². The van der Waals surface area contributed by atoms with E-state index in [2.05, 4.69) is 0 Å². The van der Waals surface area contributed by atoms with Crippen LogP contribution in [0.5, 0.6) is 5.75 Å². The van der Waals surface area contributed by atoms with Gasteiger partial charge in [-0.1, -0.05) is 6.07 Å². The molecule has 0 unspecified atom stereocenters. The van der Waals surface area contributed by atoms with Crippen LogP contribution in [0.25, 0.3) is 0 Å². The van der Waals surface area contributed by atoms with Crippen LogP contribution in [0.4, 0.5) is 4.39 Å². The molecule has 16 heavy (non-hydrogen) atoms. The van der Waals surface area contributed by atoms with Gasteiger partial charge in [-0.05, 0) is 31.1 Å². The molecule has 0 saturated heterocycles. The van der Waals surface area contributed by atoms with Crippen molar-refractivity contribution in [1.29, 1.82) is 0 Å². The average molecular weight is 224 g/mol. The second-order valence-electron chi connectivity index (χ2n) is 3.53. The first-order valence-corrected chi connectivity index (χ1v) is 4.78. The highest BCUT2D eigenvalue weighted by Crippen LogP contribution is 2.16. The maximum atomic E-state index is 13.1. The largest absolute Gasteiger partial charge is 0.489 e. The van der Waals surface area contributed by atoms with Gasteiger partial charge < -0.3 is 9.84 Å². The lowest BCUT2D eigenvalue weighted by Gasteiger charge is -2.06. The SMILES string of the molecule is C/C(=C/C(=O)O)COc1ccc(C)c(F)c1. The van der Waals surface area contributed by atoms with E-state index >= 15 is 0 Å². The molecule has 4 heteroatoms. The third-order valence-electron chi connectivity index (χ3n) is 1.98. The molecular formula is C12H13FO3. The van der Waals surface area contributed by atoms with Gasteiger partial charge in [0.2, 0.25) is 0 Å². The highest BCUT2D eigenvalue weighted by molar-refractivity contribution is 5.80. The molecule has 0 heterocycles. The summed E-state index contributed by atoms with van der Waals surface area (Å²) in [7, 11) is 0. The average Bonchev–Trinajstić information content (AvgIpc) is 2.19. The summed E-state index contributed by atoms with van der Waals surface area (Å²) in [6, 6.07) is 4.54. The number of aliphatic carboxylic acids is 1. The van der Waals surface area contributed by atoms with Gasteiger partial charge in [-0.15, -0.1) is 0 Å². The molecule has 1 aromatic rings. The van der Waals surface area contributed by atoms with Gasteiger partial charge in [-0.3, -0.25) is 0 Å². The van der Waals surface area contributed by atoms with Crippen molar-refractivity contribution in [2.45, 2.75) is 13.8 Å². The standard InChI is InChI=1S/C12H13FO3/c1-8(5-12(14)15)7-16-10-4-3-9(2)11(13)6-10/h3-6H,7H2,1-2H3,(H,14,15)/b8-5-. The fourth-order valence-corrected chi connectivity index (χ4v) is 1.11. The predicted molar refractivity (Wildman–Crippen MR) is 58.0 cm³/mol. The third kappa shape index (κ3) is 3.73. The monoisotopic (exact) mass is 224 g/mol. The van der Waals surface area contributed by atoms with Gasteiger partial charge in [0.15, 0.2) is 0 Å². The molecule has 1 aromatic carbocycles. The number of carboxylic acid groups (broad SMARTS) is 1. The van der Waals surface area contributed by atoms with Crippen LogP contribution >= 0.6 is 0 Å². The molecule has 0 radical (unpaired) electrons. The first kappa shape index (κ1) is 12.2. The highest BCUT2D eigenvalue weighted by Gasteiger charge is 2.01. The lowest BCUT2D eigenvalue weighted by molar-refractivity contribution is -0.131. The summed E-state index contributed by atoms with van der Waals surface area (Å²) >= 11 is 0. The summed E-state index contributed by atoms with van der Waals surface area (Å²) in [4.78, 5) is 10.3. The Kier molecular flexibility index (Phi) is 4.05. The number of hydrogen-bond acceptors (Lipinski definition) is 2. The molecule has 86 valence electrons. The minimum atomic E-state index is -1.02. The molecule has 0 bridgehead atoms. The summed E-state index contributed by atoms with van der Waals surface area (Å²) < 4.78 is 18.4. The number of benzene rings is 1. The highest BCUT2D eigenvalue weighted by atomic mass is 19.1. The Morgan fingerprint density at radius 1 is 1.56 bits per heavy atom. The number of aryl methyl sites for hydroxylation is 1. The van der Waals surface area contributed by atoms with E-state index in [9.17, 15) is 9.18 Å². The first-order valence-electron chi connectivity index (χ1n) is 4.78. The minimum Gasteiger partial charge on any atom is -0.489 e. The van der Waals surface area contributed by atoms with Crippen molar-refractivity contribution in [3.8, 4) is 5.75 Å². The maximum absolute atomic E-state index is 13.1. The zero-order valence-corrected chi connectivity index (χ0v) is 9.16. The first-order chi connectivity index (χ1) is 7.49. The van der Waals surface area contributed by atoms with Gasteiger partial charge in [-0.25, -0.2) is 9.18 Å². The van der Waals surface area contributed by atoms with Crippen LogP contribution in [0.15, 0.2) is 29.8 Å². The fourth-order valence-electron chi connectivity index (χ4n) is 1.11. The van der Waals surface area contributed by atoms with Crippen molar-refractivity contribution < 1.29 is 19.0 Å². The molecule has 0 aromatic heterocycles. The summed E-state index contributed by atoms with van der Waals surface area (Å²) in [6.07, 6.45) is 1.06.